The van der Waals surface area contributed by atoms with Crippen LogP contribution in [0.25, 0.3) is 32.9 Å². The lowest BCUT2D eigenvalue weighted by atomic mass is 9.99. The third-order valence-corrected chi connectivity index (χ3v) is 9.97. The number of carbonyl (C=O) groups excluding carboxylic acids is 1. The van der Waals surface area contributed by atoms with Crippen molar-refractivity contribution in [1.82, 2.24) is 30.4 Å². The molecule has 1 amide bonds. The zero-order valence-corrected chi connectivity index (χ0v) is 34.0. The molecule has 7 aromatic rings. The van der Waals surface area contributed by atoms with Crippen molar-refractivity contribution in [1.29, 1.82) is 0 Å². The predicted octanol–water partition coefficient (Wildman–Crippen LogP) is 7.33. The highest BCUT2D eigenvalue weighted by atomic mass is 19.4. The number of alkyl halides is 3. The molecule has 17 heteroatoms. The topological polar surface area (TPSA) is 176 Å². The van der Waals surface area contributed by atoms with Crippen LogP contribution >= 0.6 is 0 Å². The number of aromatic nitrogens is 4. The second kappa shape index (κ2) is 21.3. The number of carboxylic acids is 1. The molecule has 14 nitrogen and oxygen atoms in total. The maximum absolute atomic E-state index is 13.5. The standard InChI is InChI=1S/C33H30N6O3.C11H15NO2.C2HF3O2/c40-33(37-31-16-22(17-32-28(31)18-35-38-32)26-9-5-10-29-27(26)12-13-34-29)30-11-4-6-23(36-30)19-39-14-15-41-25(20-39)21-42-24-7-2-1-3-8-24;1-2-4-10(5-3-1)14-9-11-8-12-6-7-13-11;3-2(4,5)1(6)7/h1-13,16-18,25,34H,14-15,19-21H2,(H,35,38)(H,37,40);1-5,11-12H,6-9H2;(H,6,7). The Balaban J connectivity index is 0.000000233. The first-order valence-electron chi connectivity index (χ1n) is 20.2. The van der Waals surface area contributed by atoms with Crippen molar-refractivity contribution in [3.05, 3.63) is 139 Å². The highest BCUT2D eigenvalue weighted by Gasteiger charge is 2.38. The average molecular weight is 866 g/mol. The number of hydrogen-bond acceptors (Lipinski definition) is 10. The molecule has 0 spiro atoms. The molecule has 0 bridgehead atoms. The summed E-state index contributed by atoms with van der Waals surface area (Å²) in [6.07, 6.45) is -1.28. The number of hydrogen-bond donors (Lipinski definition) is 5. The summed E-state index contributed by atoms with van der Waals surface area (Å²) in [6, 6.07) is 37.4. The van der Waals surface area contributed by atoms with Crippen LogP contribution in [0.5, 0.6) is 11.5 Å². The number of aromatic amines is 2. The Kier molecular flexibility index (Phi) is 15.0. The fraction of sp³-hybridized carbons (Fsp3) is 0.261. The number of pyridine rings is 1. The lowest BCUT2D eigenvalue weighted by Gasteiger charge is -2.32. The lowest BCUT2D eigenvalue weighted by Crippen LogP contribution is -2.44. The summed E-state index contributed by atoms with van der Waals surface area (Å²) < 4.78 is 54.7. The van der Waals surface area contributed by atoms with Gasteiger partial charge in [-0.25, -0.2) is 9.78 Å². The minimum absolute atomic E-state index is 0.0350. The smallest absolute Gasteiger partial charge is 0.490 e. The van der Waals surface area contributed by atoms with Crippen LogP contribution in [0.2, 0.25) is 0 Å². The first-order valence-corrected chi connectivity index (χ1v) is 20.2. The minimum atomic E-state index is -5.08. The number of rotatable bonds is 11. The Morgan fingerprint density at radius 3 is 2.22 bits per heavy atom. The molecule has 0 radical (unpaired) electrons. The van der Waals surface area contributed by atoms with Crippen molar-refractivity contribution < 1.29 is 46.8 Å². The van der Waals surface area contributed by atoms with Crippen molar-refractivity contribution in [3.8, 4) is 22.6 Å². The van der Waals surface area contributed by atoms with E-state index in [1.54, 1.807) is 12.3 Å². The van der Waals surface area contributed by atoms with E-state index in [2.05, 4.69) is 48.9 Å². The number of nitrogens with one attached hydrogen (secondary N) is 4. The van der Waals surface area contributed by atoms with Crippen LogP contribution in [-0.4, -0.2) is 113 Å². The van der Waals surface area contributed by atoms with Crippen LogP contribution in [0.4, 0.5) is 18.9 Å². The summed E-state index contributed by atoms with van der Waals surface area (Å²) >= 11 is 0. The van der Waals surface area contributed by atoms with E-state index in [1.807, 2.05) is 97.2 Å². The van der Waals surface area contributed by atoms with Gasteiger partial charge in [0.05, 0.1) is 36.3 Å². The quantitative estimate of drug-likeness (QED) is 0.0881. The van der Waals surface area contributed by atoms with Crippen molar-refractivity contribution >= 4 is 39.4 Å². The van der Waals surface area contributed by atoms with Gasteiger partial charge in [0.15, 0.2) is 0 Å². The number of aliphatic carboxylic acids is 1. The first kappa shape index (κ1) is 44.3. The van der Waals surface area contributed by atoms with Crippen molar-refractivity contribution in [2.24, 2.45) is 0 Å². The van der Waals surface area contributed by atoms with Crippen LogP contribution in [-0.2, 0) is 20.8 Å². The highest BCUT2D eigenvalue weighted by Crippen LogP contribution is 2.34. The van der Waals surface area contributed by atoms with Gasteiger partial charge in [-0.1, -0.05) is 54.6 Å². The summed E-state index contributed by atoms with van der Waals surface area (Å²) in [4.78, 5) is 32.6. The zero-order valence-electron chi connectivity index (χ0n) is 34.0. The number of nitrogens with zero attached hydrogens (tertiary/aromatic N) is 3. The SMILES string of the molecule is O=C(Nc1cc(-c2cccc3[nH]ccc23)cc2[nH]ncc12)c1cccc(CN2CCOC(COc3ccccc3)C2)n1.O=C(O)C(F)(F)F.c1ccc(OCC2CNCCO2)cc1. The lowest BCUT2D eigenvalue weighted by molar-refractivity contribution is -0.192. The van der Waals surface area contributed by atoms with Gasteiger partial charge < -0.3 is 39.7 Å². The van der Waals surface area contributed by atoms with E-state index in [0.717, 1.165) is 82.9 Å². The number of benzene rings is 4. The van der Waals surface area contributed by atoms with Crippen LogP contribution in [0.15, 0.2) is 128 Å². The third kappa shape index (κ3) is 12.6. The van der Waals surface area contributed by atoms with Gasteiger partial charge >= 0.3 is 12.1 Å². The van der Waals surface area contributed by atoms with Crippen molar-refractivity contribution in [3.63, 3.8) is 0 Å². The highest BCUT2D eigenvalue weighted by molar-refractivity contribution is 6.09. The van der Waals surface area contributed by atoms with Gasteiger partial charge in [-0.15, -0.1) is 0 Å². The molecule has 0 saturated carbocycles. The Labute approximate surface area is 360 Å². The molecular weight excluding hydrogens is 820 g/mol. The van der Waals surface area contributed by atoms with Gasteiger partial charge in [0.1, 0.15) is 42.6 Å². The molecule has 2 unspecified atom stereocenters. The number of carbonyl (C=O) groups is 2. The van der Waals surface area contributed by atoms with Gasteiger partial charge in [-0.3, -0.25) is 14.8 Å². The molecule has 5 N–H and O–H groups in total. The van der Waals surface area contributed by atoms with Gasteiger partial charge in [0, 0.05) is 55.2 Å². The number of ether oxygens (including phenoxy) is 4. The number of para-hydroxylation sites is 2. The molecular formula is C46H46F3N7O7. The largest absolute Gasteiger partial charge is 0.491 e. The number of fused-ring (bicyclic) bond motifs is 2. The minimum Gasteiger partial charge on any atom is -0.491 e. The second-order valence-corrected chi connectivity index (χ2v) is 14.5. The van der Waals surface area contributed by atoms with Gasteiger partial charge in [-0.2, -0.15) is 18.3 Å². The molecule has 328 valence electrons. The molecule has 3 aromatic heterocycles. The Hall–Kier alpha value is -6.79. The molecule has 63 heavy (non-hydrogen) atoms. The van der Waals surface area contributed by atoms with Gasteiger partial charge in [-0.05, 0) is 71.8 Å². The van der Waals surface area contributed by atoms with E-state index < -0.39 is 12.1 Å². The fourth-order valence-corrected chi connectivity index (χ4v) is 6.92. The second-order valence-electron chi connectivity index (χ2n) is 14.5. The monoisotopic (exact) mass is 865 g/mol. The first-order chi connectivity index (χ1) is 30.6. The van der Waals surface area contributed by atoms with E-state index in [1.165, 1.54) is 0 Å². The van der Waals surface area contributed by atoms with E-state index in [4.69, 9.17) is 33.8 Å². The molecule has 2 aliphatic rings. The number of H-pyrrole nitrogens is 2. The van der Waals surface area contributed by atoms with Gasteiger partial charge in [0.25, 0.3) is 5.91 Å². The Bertz CT molecular complexity index is 2550. The number of amides is 1. The normalized spacial score (nSPS) is 16.6. The molecule has 4 aromatic carbocycles. The Morgan fingerprint density at radius 1 is 0.825 bits per heavy atom. The molecule has 2 atom stereocenters. The predicted molar refractivity (Wildman–Crippen MR) is 231 cm³/mol. The molecule has 2 aliphatic heterocycles. The maximum atomic E-state index is 13.5. The van der Waals surface area contributed by atoms with Gasteiger partial charge in [0.2, 0.25) is 0 Å². The molecule has 5 heterocycles. The van der Waals surface area contributed by atoms with Crippen molar-refractivity contribution in [2.45, 2.75) is 24.9 Å². The maximum Gasteiger partial charge on any atom is 0.490 e. The van der Waals surface area contributed by atoms with E-state index in [0.29, 0.717) is 37.7 Å². The van der Waals surface area contributed by atoms with Crippen LogP contribution < -0.4 is 20.1 Å². The van der Waals surface area contributed by atoms with Crippen LogP contribution in [0.1, 0.15) is 16.2 Å². The van der Waals surface area contributed by atoms with Crippen molar-refractivity contribution in [2.75, 3.05) is 57.9 Å². The molecule has 2 fully saturated rings. The average Bonchev–Trinajstić information content (AvgIpc) is 4.00. The summed E-state index contributed by atoms with van der Waals surface area (Å²) in [6.45, 7) is 6.47. The molecule has 0 aliphatic carbocycles. The summed E-state index contributed by atoms with van der Waals surface area (Å²) in [7, 11) is 0. The number of halogens is 3. The third-order valence-electron chi connectivity index (χ3n) is 9.97. The van der Waals surface area contributed by atoms with E-state index >= 15 is 0 Å². The number of anilines is 1. The van der Waals surface area contributed by atoms with Crippen LogP contribution in [0.3, 0.4) is 0 Å². The molecule has 9 rings (SSSR count). The molecule has 2 saturated heterocycles. The zero-order chi connectivity index (χ0) is 44.0. The number of morpholine rings is 2. The van der Waals surface area contributed by atoms with E-state index in [-0.39, 0.29) is 18.1 Å². The summed E-state index contributed by atoms with van der Waals surface area (Å²) in [5, 5.41) is 22.7. The summed E-state index contributed by atoms with van der Waals surface area (Å²) in [5.41, 5.74) is 5.81. The fourth-order valence-electron chi connectivity index (χ4n) is 6.92. The van der Waals surface area contributed by atoms with E-state index in [9.17, 15) is 18.0 Å². The van der Waals surface area contributed by atoms with Crippen LogP contribution in [0, 0.1) is 0 Å². The number of carboxylic acid groups (broad SMARTS) is 1. The summed E-state index contributed by atoms with van der Waals surface area (Å²) in [5.74, 6) is -1.29. The Morgan fingerprint density at radius 2 is 1.52 bits per heavy atom.